The largest absolute Gasteiger partial charge is 0.493 e. The molecule has 162 valence electrons. The molecule has 3 aromatic carbocycles. The molecule has 0 saturated heterocycles. The van der Waals surface area contributed by atoms with Gasteiger partial charge in [-0.1, -0.05) is 41.9 Å². The molecule has 0 bridgehead atoms. The van der Waals surface area contributed by atoms with Gasteiger partial charge in [-0.2, -0.15) is 0 Å². The Morgan fingerprint density at radius 1 is 0.969 bits per heavy atom. The molecular formula is C26H21ClO5. The normalized spacial score (nSPS) is 22.5. The van der Waals surface area contributed by atoms with Crippen molar-refractivity contribution in [3.05, 3.63) is 89.3 Å². The minimum absolute atomic E-state index is 0.0723. The van der Waals surface area contributed by atoms with E-state index in [0.717, 1.165) is 10.8 Å². The number of ether oxygens (including phenoxy) is 3. The highest BCUT2D eigenvalue weighted by atomic mass is 35.5. The molecule has 5 rings (SSSR count). The lowest BCUT2D eigenvalue weighted by molar-refractivity contribution is -0.132. The molecule has 0 amide bonds. The number of carbonyl (C=O) groups is 2. The van der Waals surface area contributed by atoms with Crippen molar-refractivity contribution in [1.82, 2.24) is 0 Å². The Morgan fingerprint density at radius 3 is 2.56 bits per heavy atom. The van der Waals surface area contributed by atoms with Crippen LogP contribution in [0.4, 0.5) is 0 Å². The number of benzene rings is 3. The van der Waals surface area contributed by atoms with Gasteiger partial charge < -0.3 is 14.2 Å². The predicted molar refractivity (Wildman–Crippen MR) is 121 cm³/mol. The van der Waals surface area contributed by atoms with Crippen molar-refractivity contribution < 1.29 is 23.8 Å². The molecular weight excluding hydrogens is 428 g/mol. The van der Waals surface area contributed by atoms with E-state index in [1.807, 2.05) is 42.5 Å². The quantitative estimate of drug-likeness (QED) is 0.478. The summed E-state index contributed by atoms with van der Waals surface area (Å²) in [6, 6.07) is 20.2. The number of halogens is 1. The van der Waals surface area contributed by atoms with Gasteiger partial charge >= 0.3 is 5.97 Å². The zero-order chi connectivity index (χ0) is 22.1. The van der Waals surface area contributed by atoms with Crippen molar-refractivity contribution >= 4 is 34.1 Å². The van der Waals surface area contributed by atoms with Crippen LogP contribution >= 0.6 is 11.6 Å². The van der Waals surface area contributed by atoms with E-state index in [1.165, 1.54) is 6.26 Å². The first-order valence-corrected chi connectivity index (χ1v) is 11.0. The van der Waals surface area contributed by atoms with E-state index in [0.29, 0.717) is 35.6 Å². The van der Waals surface area contributed by atoms with E-state index in [1.54, 1.807) is 24.3 Å². The van der Waals surface area contributed by atoms with Crippen LogP contribution in [-0.2, 0) is 14.3 Å². The standard InChI is InChI=1S/C26H21ClO5/c27-19-8-5-17(6-9-19)26(29)32-21-11-12-22-23(14-21)30-15-24(25(22)28)31-20-10-7-16-3-1-2-4-18(16)13-20/h1-10,13,15,21-23H,11-12,14H2. The van der Waals surface area contributed by atoms with Gasteiger partial charge in [0.25, 0.3) is 0 Å². The smallest absolute Gasteiger partial charge is 0.338 e. The van der Waals surface area contributed by atoms with E-state index in [2.05, 4.69) is 0 Å². The van der Waals surface area contributed by atoms with Crippen LogP contribution in [0.2, 0.25) is 5.02 Å². The van der Waals surface area contributed by atoms with Gasteiger partial charge in [0.15, 0.2) is 0 Å². The van der Waals surface area contributed by atoms with Crippen molar-refractivity contribution in [2.45, 2.75) is 31.5 Å². The first kappa shape index (κ1) is 20.6. The first-order chi connectivity index (χ1) is 15.6. The van der Waals surface area contributed by atoms with Gasteiger partial charge in [-0.05, 0) is 60.0 Å². The summed E-state index contributed by atoms with van der Waals surface area (Å²) in [5.41, 5.74) is 0.447. The van der Waals surface area contributed by atoms with Crippen LogP contribution in [-0.4, -0.2) is 24.0 Å². The van der Waals surface area contributed by atoms with Crippen molar-refractivity contribution in [1.29, 1.82) is 0 Å². The molecule has 1 aliphatic carbocycles. The Kier molecular flexibility index (Phi) is 5.58. The molecule has 0 N–H and O–H groups in total. The van der Waals surface area contributed by atoms with Crippen molar-refractivity contribution in [3.63, 3.8) is 0 Å². The van der Waals surface area contributed by atoms with Gasteiger partial charge in [-0.3, -0.25) is 4.79 Å². The maximum absolute atomic E-state index is 13.0. The van der Waals surface area contributed by atoms with Gasteiger partial charge in [0, 0.05) is 11.4 Å². The minimum atomic E-state index is -0.400. The molecule has 1 fully saturated rings. The average Bonchev–Trinajstić information content (AvgIpc) is 2.81. The molecule has 3 atom stereocenters. The molecule has 1 saturated carbocycles. The SMILES string of the molecule is O=C(OC1CCC2C(=O)C(Oc3ccc4ccccc4c3)=COC2C1)c1ccc(Cl)cc1. The molecule has 2 aliphatic rings. The Morgan fingerprint density at radius 2 is 1.75 bits per heavy atom. The summed E-state index contributed by atoms with van der Waals surface area (Å²) >= 11 is 5.87. The van der Waals surface area contributed by atoms with E-state index < -0.39 is 5.97 Å². The second-order valence-electron chi connectivity index (χ2n) is 8.09. The fraction of sp³-hybridized carbons (Fsp3) is 0.231. The Hall–Kier alpha value is -3.31. The molecule has 6 heteroatoms. The van der Waals surface area contributed by atoms with E-state index in [-0.39, 0.29) is 29.7 Å². The maximum atomic E-state index is 13.0. The summed E-state index contributed by atoms with van der Waals surface area (Å²) in [7, 11) is 0. The van der Waals surface area contributed by atoms with Crippen LogP contribution in [0.3, 0.4) is 0 Å². The highest BCUT2D eigenvalue weighted by Gasteiger charge is 2.42. The third-order valence-electron chi connectivity index (χ3n) is 5.98. The van der Waals surface area contributed by atoms with Gasteiger partial charge in [-0.15, -0.1) is 0 Å². The van der Waals surface area contributed by atoms with E-state index in [9.17, 15) is 9.59 Å². The van der Waals surface area contributed by atoms with Crippen LogP contribution in [0, 0.1) is 5.92 Å². The summed E-state index contributed by atoms with van der Waals surface area (Å²) in [6.45, 7) is 0. The lowest BCUT2D eigenvalue weighted by Crippen LogP contribution is -2.43. The predicted octanol–water partition coefficient (Wildman–Crippen LogP) is 5.71. The topological polar surface area (TPSA) is 61.8 Å². The molecule has 3 aromatic rings. The van der Waals surface area contributed by atoms with E-state index >= 15 is 0 Å². The summed E-state index contributed by atoms with van der Waals surface area (Å²) in [4.78, 5) is 25.4. The van der Waals surface area contributed by atoms with Crippen LogP contribution in [0.25, 0.3) is 10.8 Å². The molecule has 3 unspecified atom stereocenters. The third-order valence-corrected chi connectivity index (χ3v) is 6.23. The van der Waals surface area contributed by atoms with Gasteiger partial charge in [0.05, 0.1) is 11.5 Å². The molecule has 0 aromatic heterocycles. The van der Waals surface area contributed by atoms with Crippen molar-refractivity contribution in [2.24, 2.45) is 5.92 Å². The summed E-state index contributed by atoms with van der Waals surface area (Å²) in [5, 5.41) is 2.70. The minimum Gasteiger partial charge on any atom is -0.493 e. The molecule has 1 aliphatic heterocycles. The highest BCUT2D eigenvalue weighted by Crippen LogP contribution is 2.35. The Balaban J connectivity index is 1.23. The monoisotopic (exact) mass is 448 g/mol. The number of hydrogen-bond donors (Lipinski definition) is 0. The van der Waals surface area contributed by atoms with Crippen LogP contribution in [0.1, 0.15) is 29.6 Å². The summed E-state index contributed by atoms with van der Waals surface area (Å²) < 4.78 is 17.4. The number of rotatable bonds is 4. The van der Waals surface area contributed by atoms with Crippen LogP contribution in [0.15, 0.2) is 78.8 Å². The molecule has 1 heterocycles. The highest BCUT2D eigenvalue weighted by molar-refractivity contribution is 6.30. The van der Waals surface area contributed by atoms with Crippen molar-refractivity contribution in [3.8, 4) is 5.75 Å². The number of ketones is 1. The van der Waals surface area contributed by atoms with E-state index in [4.69, 9.17) is 25.8 Å². The molecule has 5 nitrogen and oxygen atoms in total. The molecule has 0 radical (unpaired) electrons. The number of hydrogen-bond acceptors (Lipinski definition) is 5. The third kappa shape index (κ3) is 4.21. The number of esters is 1. The Labute approximate surface area is 190 Å². The second kappa shape index (κ2) is 8.67. The fourth-order valence-corrected chi connectivity index (χ4v) is 4.40. The zero-order valence-corrected chi connectivity index (χ0v) is 18.0. The zero-order valence-electron chi connectivity index (χ0n) is 17.2. The molecule has 0 spiro atoms. The second-order valence-corrected chi connectivity index (χ2v) is 8.52. The van der Waals surface area contributed by atoms with Crippen LogP contribution in [0.5, 0.6) is 5.75 Å². The van der Waals surface area contributed by atoms with Crippen molar-refractivity contribution in [2.75, 3.05) is 0 Å². The number of carbonyl (C=O) groups excluding carboxylic acids is 2. The Bertz CT molecular complexity index is 1200. The number of allylic oxidation sites excluding steroid dienone is 1. The average molecular weight is 449 g/mol. The van der Waals surface area contributed by atoms with Gasteiger partial charge in [0.1, 0.15) is 24.2 Å². The summed E-state index contributed by atoms with van der Waals surface area (Å²) in [6.07, 6.45) is 2.39. The summed E-state index contributed by atoms with van der Waals surface area (Å²) in [5.74, 6) is 0.0232. The van der Waals surface area contributed by atoms with Gasteiger partial charge in [-0.25, -0.2) is 4.79 Å². The first-order valence-electron chi connectivity index (χ1n) is 10.6. The number of fused-ring (bicyclic) bond motifs is 2. The maximum Gasteiger partial charge on any atom is 0.338 e. The lowest BCUT2D eigenvalue weighted by Gasteiger charge is -2.36. The van der Waals surface area contributed by atoms with Crippen LogP contribution < -0.4 is 4.74 Å². The lowest BCUT2D eigenvalue weighted by atomic mass is 9.80. The molecule has 32 heavy (non-hydrogen) atoms. The van der Waals surface area contributed by atoms with Gasteiger partial charge in [0.2, 0.25) is 11.5 Å². The fourth-order valence-electron chi connectivity index (χ4n) is 4.28. The number of Topliss-reactive ketones (excluding diaryl/α,β-unsaturated/α-hetero) is 1.